The van der Waals surface area contributed by atoms with Crippen LogP contribution in [0.2, 0.25) is 0 Å². The van der Waals surface area contributed by atoms with Gasteiger partial charge in [-0.05, 0) is 28.1 Å². The zero-order valence-electron chi connectivity index (χ0n) is 9.60. The molecular formula is C12H13BrN2O3. The Hall–Kier alpha value is -1.40. The van der Waals surface area contributed by atoms with Gasteiger partial charge in [0.25, 0.3) is 5.91 Å². The highest BCUT2D eigenvalue weighted by Crippen LogP contribution is 2.18. The molecule has 1 aromatic carbocycles. The van der Waals surface area contributed by atoms with Gasteiger partial charge < -0.3 is 15.3 Å². The molecule has 1 aromatic rings. The van der Waals surface area contributed by atoms with E-state index in [1.54, 1.807) is 23.1 Å². The zero-order valence-corrected chi connectivity index (χ0v) is 11.2. The first-order chi connectivity index (χ1) is 8.59. The van der Waals surface area contributed by atoms with Crippen molar-refractivity contribution in [2.75, 3.05) is 19.6 Å². The van der Waals surface area contributed by atoms with Gasteiger partial charge >= 0.3 is 5.97 Å². The fourth-order valence-electron chi connectivity index (χ4n) is 1.90. The van der Waals surface area contributed by atoms with Gasteiger partial charge in [0.15, 0.2) is 0 Å². The summed E-state index contributed by atoms with van der Waals surface area (Å²) in [5.41, 5.74) is 0.559. The molecule has 1 amide bonds. The lowest BCUT2D eigenvalue weighted by Crippen LogP contribution is -2.55. The van der Waals surface area contributed by atoms with Crippen LogP contribution in [0.15, 0.2) is 28.7 Å². The van der Waals surface area contributed by atoms with Crippen LogP contribution in [0, 0.1) is 0 Å². The lowest BCUT2D eigenvalue weighted by Gasteiger charge is -2.31. The van der Waals surface area contributed by atoms with Crippen LogP contribution in [0.25, 0.3) is 0 Å². The molecule has 2 N–H and O–H groups in total. The summed E-state index contributed by atoms with van der Waals surface area (Å²) in [6.45, 7) is 1.20. The number of carbonyl (C=O) groups is 2. The number of carboxylic acid groups (broad SMARTS) is 1. The van der Waals surface area contributed by atoms with Gasteiger partial charge in [-0.1, -0.05) is 12.1 Å². The quantitative estimate of drug-likeness (QED) is 0.853. The maximum atomic E-state index is 12.3. The molecule has 1 aliphatic rings. The van der Waals surface area contributed by atoms with E-state index in [0.29, 0.717) is 18.7 Å². The summed E-state index contributed by atoms with van der Waals surface area (Å²) in [4.78, 5) is 24.7. The van der Waals surface area contributed by atoms with E-state index in [1.807, 2.05) is 6.07 Å². The first-order valence-electron chi connectivity index (χ1n) is 5.59. The topological polar surface area (TPSA) is 69.6 Å². The fraction of sp³-hybridized carbons (Fsp3) is 0.333. The van der Waals surface area contributed by atoms with Crippen LogP contribution in [0.5, 0.6) is 0 Å². The molecule has 0 bridgehead atoms. The maximum Gasteiger partial charge on any atom is 0.322 e. The van der Waals surface area contributed by atoms with Crippen LogP contribution in [-0.2, 0) is 4.79 Å². The molecule has 0 spiro atoms. The third kappa shape index (κ3) is 2.70. The minimum absolute atomic E-state index is 0.143. The van der Waals surface area contributed by atoms with Crippen molar-refractivity contribution >= 4 is 27.8 Å². The monoisotopic (exact) mass is 312 g/mol. The molecule has 1 unspecified atom stereocenters. The second-order valence-electron chi connectivity index (χ2n) is 4.08. The summed E-state index contributed by atoms with van der Waals surface area (Å²) < 4.78 is 0.723. The van der Waals surface area contributed by atoms with Gasteiger partial charge in [0.05, 0.1) is 5.56 Å². The number of rotatable bonds is 2. The number of benzene rings is 1. The third-order valence-electron chi connectivity index (χ3n) is 2.86. The standard InChI is InChI=1S/C12H13BrN2O3/c13-9-4-2-1-3-8(9)11(16)15-6-5-14-10(7-15)12(17)18/h1-4,10,14H,5-7H2,(H,17,18). The number of nitrogens with one attached hydrogen (secondary N) is 1. The van der Waals surface area contributed by atoms with E-state index in [9.17, 15) is 9.59 Å². The molecule has 1 atom stereocenters. The highest BCUT2D eigenvalue weighted by atomic mass is 79.9. The van der Waals surface area contributed by atoms with Crippen LogP contribution < -0.4 is 5.32 Å². The first kappa shape index (κ1) is 13.0. The third-order valence-corrected chi connectivity index (χ3v) is 3.56. The molecule has 1 fully saturated rings. The zero-order chi connectivity index (χ0) is 13.1. The van der Waals surface area contributed by atoms with Gasteiger partial charge in [-0.25, -0.2) is 0 Å². The number of amides is 1. The van der Waals surface area contributed by atoms with E-state index >= 15 is 0 Å². The summed E-state index contributed by atoms with van der Waals surface area (Å²) in [6.07, 6.45) is 0. The number of hydrogen-bond donors (Lipinski definition) is 2. The second kappa shape index (κ2) is 5.49. The number of carbonyl (C=O) groups excluding carboxylic acids is 1. The summed E-state index contributed by atoms with van der Waals surface area (Å²) in [5, 5.41) is 11.8. The smallest absolute Gasteiger partial charge is 0.322 e. The number of aliphatic carboxylic acids is 1. The summed E-state index contributed by atoms with van der Waals surface area (Å²) in [7, 11) is 0. The first-order valence-corrected chi connectivity index (χ1v) is 6.39. The molecule has 1 saturated heterocycles. The van der Waals surface area contributed by atoms with Crippen molar-refractivity contribution in [2.24, 2.45) is 0 Å². The Kier molecular flexibility index (Phi) is 3.98. The lowest BCUT2D eigenvalue weighted by molar-refractivity contribution is -0.140. The van der Waals surface area contributed by atoms with Crippen LogP contribution in [0.4, 0.5) is 0 Å². The number of nitrogens with zero attached hydrogens (tertiary/aromatic N) is 1. The molecule has 5 nitrogen and oxygen atoms in total. The van der Waals surface area contributed by atoms with Gasteiger partial charge in [0, 0.05) is 24.1 Å². The van der Waals surface area contributed by atoms with Crippen LogP contribution in [0.1, 0.15) is 10.4 Å². The van der Waals surface area contributed by atoms with Gasteiger partial charge in [-0.3, -0.25) is 9.59 Å². The minimum Gasteiger partial charge on any atom is -0.480 e. The Labute approximate surface area is 113 Å². The van der Waals surface area contributed by atoms with Crippen LogP contribution in [0.3, 0.4) is 0 Å². The Morgan fingerprint density at radius 2 is 2.11 bits per heavy atom. The molecule has 18 heavy (non-hydrogen) atoms. The minimum atomic E-state index is -0.931. The maximum absolute atomic E-state index is 12.3. The molecule has 0 aliphatic carbocycles. The van der Waals surface area contributed by atoms with E-state index in [0.717, 1.165) is 4.47 Å². The highest BCUT2D eigenvalue weighted by Gasteiger charge is 2.28. The van der Waals surface area contributed by atoms with Gasteiger partial charge in [0.2, 0.25) is 0 Å². The van der Waals surface area contributed by atoms with Gasteiger partial charge in [0.1, 0.15) is 6.04 Å². The molecule has 6 heteroatoms. The van der Waals surface area contributed by atoms with Crippen molar-refractivity contribution in [3.8, 4) is 0 Å². The predicted octanol–water partition coefficient (Wildman–Crippen LogP) is 0.948. The normalized spacial score (nSPS) is 19.6. The van der Waals surface area contributed by atoms with Gasteiger partial charge in [-0.2, -0.15) is 0 Å². The summed E-state index contributed by atoms with van der Waals surface area (Å²) in [5.74, 6) is -1.07. The molecule has 0 radical (unpaired) electrons. The molecule has 96 valence electrons. The van der Waals surface area contributed by atoms with Crippen molar-refractivity contribution < 1.29 is 14.7 Å². The molecule has 0 saturated carbocycles. The SMILES string of the molecule is O=C(O)C1CN(C(=O)c2ccccc2Br)CCN1. The molecule has 1 aliphatic heterocycles. The Morgan fingerprint density at radius 1 is 1.39 bits per heavy atom. The van der Waals surface area contributed by atoms with E-state index in [2.05, 4.69) is 21.2 Å². The van der Waals surface area contributed by atoms with Crippen LogP contribution >= 0.6 is 15.9 Å². The lowest BCUT2D eigenvalue weighted by atomic mass is 10.1. The van der Waals surface area contributed by atoms with Crippen molar-refractivity contribution in [3.63, 3.8) is 0 Å². The Morgan fingerprint density at radius 3 is 2.78 bits per heavy atom. The highest BCUT2D eigenvalue weighted by molar-refractivity contribution is 9.10. The van der Waals surface area contributed by atoms with Crippen LogP contribution in [-0.4, -0.2) is 47.6 Å². The largest absolute Gasteiger partial charge is 0.480 e. The number of hydrogen-bond acceptors (Lipinski definition) is 3. The number of piperazine rings is 1. The van der Waals surface area contributed by atoms with E-state index in [1.165, 1.54) is 0 Å². The van der Waals surface area contributed by atoms with Crippen molar-refractivity contribution in [3.05, 3.63) is 34.3 Å². The fourth-order valence-corrected chi connectivity index (χ4v) is 2.36. The Balaban J connectivity index is 2.14. The number of carboxylic acids is 1. The Bertz CT molecular complexity index is 478. The van der Waals surface area contributed by atoms with Crippen molar-refractivity contribution in [1.82, 2.24) is 10.2 Å². The van der Waals surface area contributed by atoms with E-state index in [4.69, 9.17) is 5.11 Å². The summed E-state index contributed by atoms with van der Waals surface area (Å²) >= 11 is 3.33. The molecule has 2 rings (SSSR count). The molecule has 0 aromatic heterocycles. The average Bonchev–Trinajstić information content (AvgIpc) is 2.38. The average molecular weight is 313 g/mol. The van der Waals surface area contributed by atoms with E-state index < -0.39 is 12.0 Å². The molecule has 1 heterocycles. The van der Waals surface area contributed by atoms with Gasteiger partial charge in [-0.15, -0.1) is 0 Å². The summed E-state index contributed by atoms with van der Waals surface area (Å²) in [6, 6.07) is 6.45. The second-order valence-corrected chi connectivity index (χ2v) is 4.93. The number of halogens is 1. The molecular weight excluding hydrogens is 300 g/mol. The van der Waals surface area contributed by atoms with Crippen molar-refractivity contribution in [2.45, 2.75) is 6.04 Å². The predicted molar refractivity (Wildman–Crippen MR) is 69.5 cm³/mol. The van der Waals surface area contributed by atoms with E-state index in [-0.39, 0.29) is 12.5 Å². The van der Waals surface area contributed by atoms with Crippen molar-refractivity contribution in [1.29, 1.82) is 0 Å².